The second-order valence-electron chi connectivity index (χ2n) is 7.15. The fraction of sp³-hybridized carbons (Fsp3) is 0.471. The molecule has 12 heteroatoms. The highest BCUT2D eigenvalue weighted by atomic mass is 19.4. The van der Waals surface area contributed by atoms with E-state index in [0.717, 1.165) is 12.3 Å². The minimum Gasteiger partial charge on any atom is -0.351 e. The highest BCUT2D eigenvalue weighted by molar-refractivity contribution is 6.00. The van der Waals surface area contributed by atoms with Gasteiger partial charge >= 0.3 is 6.18 Å². The molecular weight excluding hydrogens is 389 g/mol. The number of carbonyl (C=O) groups excluding carboxylic acids is 1. The summed E-state index contributed by atoms with van der Waals surface area (Å²) in [4.78, 5) is 29.7. The lowest BCUT2D eigenvalue weighted by Crippen LogP contribution is -2.44. The van der Waals surface area contributed by atoms with Crippen LogP contribution in [0, 0.1) is 6.92 Å². The third-order valence-electron chi connectivity index (χ3n) is 4.83. The van der Waals surface area contributed by atoms with E-state index in [1.807, 2.05) is 0 Å². The zero-order valence-electron chi connectivity index (χ0n) is 15.7. The second kappa shape index (κ2) is 7.01. The Morgan fingerprint density at radius 2 is 1.83 bits per heavy atom. The van der Waals surface area contributed by atoms with E-state index < -0.39 is 11.9 Å². The molecule has 1 aliphatic carbocycles. The minimum absolute atomic E-state index is 0.0403. The number of carbonyl (C=O) groups is 1. The van der Waals surface area contributed by atoms with Crippen LogP contribution in [-0.4, -0.2) is 51.5 Å². The van der Waals surface area contributed by atoms with Gasteiger partial charge in [-0.25, -0.2) is 15.0 Å². The summed E-state index contributed by atoms with van der Waals surface area (Å²) < 4.78 is 38.2. The van der Waals surface area contributed by atoms with E-state index in [1.165, 1.54) is 0 Å². The van der Waals surface area contributed by atoms with Crippen LogP contribution in [0.25, 0.3) is 0 Å². The number of hydrogen-bond donors (Lipinski definition) is 3. The first-order valence-electron chi connectivity index (χ1n) is 9.02. The maximum absolute atomic E-state index is 12.7. The molecule has 0 saturated heterocycles. The van der Waals surface area contributed by atoms with Gasteiger partial charge in [0.25, 0.3) is 0 Å². The third kappa shape index (κ3) is 4.00. The number of anilines is 4. The Kier molecular flexibility index (Phi) is 4.63. The molecule has 2 aliphatic rings. The molecule has 0 bridgehead atoms. The smallest absolute Gasteiger partial charge is 0.351 e. The van der Waals surface area contributed by atoms with Crippen molar-refractivity contribution in [3.8, 4) is 0 Å². The first-order valence-corrected chi connectivity index (χ1v) is 9.02. The first kappa shape index (κ1) is 19.2. The third-order valence-corrected chi connectivity index (χ3v) is 4.83. The summed E-state index contributed by atoms with van der Waals surface area (Å²) in [6, 6.07) is 0.863. The van der Waals surface area contributed by atoms with E-state index in [2.05, 4.69) is 35.9 Å². The molecule has 0 unspecified atom stereocenters. The summed E-state index contributed by atoms with van der Waals surface area (Å²) in [5, 5.41) is 8.93. The highest BCUT2D eigenvalue weighted by Gasteiger charge is 2.34. The number of likely N-dealkylation sites (N-methyl/N-ethyl adjacent to an activating group) is 1. The van der Waals surface area contributed by atoms with E-state index >= 15 is 0 Å². The van der Waals surface area contributed by atoms with Crippen molar-refractivity contribution >= 4 is 29.3 Å². The van der Waals surface area contributed by atoms with Crippen LogP contribution in [-0.2, 0) is 11.0 Å². The topological polar surface area (TPSA) is 108 Å². The summed E-state index contributed by atoms with van der Waals surface area (Å²) in [6.07, 6.45) is -2.10. The zero-order chi connectivity index (χ0) is 20.8. The van der Waals surface area contributed by atoms with Gasteiger partial charge in [0, 0.05) is 25.3 Å². The van der Waals surface area contributed by atoms with Gasteiger partial charge in [0.05, 0.1) is 12.2 Å². The lowest BCUT2D eigenvalue weighted by Gasteiger charge is -2.36. The molecule has 1 aliphatic heterocycles. The molecule has 2 aromatic heterocycles. The van der Waals surface area contributed by atoms with Gasteiger partial charge in [-0.3, -0.25) is 4.79 Å². The van der Waals surface area contributed by atoms with Crippen LogP contribution in [0.4, 0.5) is 36.6 Å². The normalized spacial score (nSPS) is 21.1. The van der Waals surface area contributed by atoms with Crippen LogP contribution in [0.5, 0.6) is 0 Å². The van der Waals surface area contributed by atoms with E-state index in [0.29, 0.717) is 36.0 Å². The van der Waals surface area contributed by atoms with Crippen molar-refractivity contribution in [2.75, 3.05) is 34.4 Å². The molecule has 9 nitrogen and oxygen atoms in total. The molecule has 154 valence electrons. The van der Waals surface area contributed by atoms with Crippen molar-refractivity contribution in [2.45, 2.75) is 38.0 Å². The summed E-state index contributed by atoms with van der Waals surface area (Å²) >= 11 is 0. The molecule has 0 aromatic carbocycles. The summed E-state index contributed by atoms with van der Waals surface area (Å²) in [7, 11) is 1.78. The molecule has 1 fully saturated rings. The van der Waals surface area contributed by atoms with Crippen LogP contribution < -0.4 is 20.9 Å². The molecule has 3 N–H and O–H groups in total. The Balaban J connectivity index is 1.36. The lowest BCUT2D eigenvalue weighted by atomic mass is 9.87. The molecule has 1 saturated carbocycles. The Morgan fingerprint density at radius 3 is 2.52 bits per heavy atom. The molecule has 1 amide bonds. The van der Waals surface area contributed by atoms with E-state index in [-0.39, 0.29) is 30.5 Å². The number of halogens is 3. The molecule has 0 radical (unpaired) electrons. The molecule has 3 heterocycles. The molecule has 2 aromatic rings. The van der Waals surface area contributed by atoms with Gasteiger partial charge in [-0.15, -0.1) is 0 Å². The predicted molar refractivity (Wildman–Crippen MR) is 99.8 cm³/mol. The lowest BCUT2D eigenvalue weighted by molar-refractivity contribution is -0.141. The number of aromatic nitrogens is 4. The van der Waals surface area contributed by atoms with Crippen LogP contribution in [0.3, 0.4) is 0 Å². The Bertz CT molecular complexity index is 945. The number of alkyl halides is 3. The number of aryl methyl sites for hydroxylation is 1. The number of nitrogens with zero attached hydrogens (tertiary/aromatic N) is 5. The number of amides is 1. The van der Waals surface area contributed by atoms with Gasteiger partial charge < -0.3 is 20.9 Å². The van der Waals surface area contributed by atoms with Crippen molar-refractivity contribution in [2.24, 2.45) is 0 Å². The highest BCUT2D eigenvalue weighted by Crippen LogP contribution is 2.32. The largest absolute Gasteiger partial charge is 0.433 e. The molecule has 29 heavy (non-hydrogen) atoms. The van der Waals surface area contributed by atoms with Crippen molar-refractivity contribution in [3.05, 3.63) is 23.7 Å². The number of hydrogen-bond acceptors (Lipinski definition) is 8. The number of nitrogens with one attached hydrogen (secondary N) is 3. The monoisotopic (exact) mass is 408 g/mol. The van der Waals surface area contributed by atoms with Crippen molar-refractivity contribution in [3.63, 3.8) is 0 Å². The quantitative estimate of drug-likeness (QED) is 0.706. The zero-order valence-corrected chi connectivity index (χ0v) is 15.7. The van der Waals surface area contributed by atoms with Crippen LogP contribution in [0.15, 0.2) is 12.3 Å². The Hall–Kier alpha value is -3.18. The molecule has 0 spiro atoms. The first-order chi connectivity index (χ1) is 13.7. The van der Waals surface area contributed by atoms with Crippen molar-refractivity contribution in [1.82, 2.24) is 19.9 Å². The van der Waals surface area contributed by atoms with Crippen molar-refractivity contribution < 1.29 is 18.0 Å². The maximum Gasteiger partial charge on any atom is 0.433 e. The number of rotatable bonds is 4. The van der Waals surface area contributed by atoms with Gasteiger partial charge in [0.2, 0.25) is 17.8 Å². The standard InChI is InChI=1S/C17H19F3N8O/c1-8-13-14(28(2)7-12(29)26-13)27-16(22-8)24-10-5-9(6-10)23-15-21-4-3-11(25-15)17(18,19)20/h3-4,9-10H,5-7H2,1-2H3,(H,26,29)(H,21,23,25)(H,22,24,27). The van der Waals surface area contributed by atoms with Crippen molar-refractivity contribution in [1.29, 1.82) is 0 Å². The Labute approximate surface area is 164 Å². The van der Waals surface area contributed by atoms with Gasteiger partial charge in [-0.1, -0.05) is 0 Å². The summed E-state index contributed by atoms with van der Waals surface area (Å²) in [5.74, 6) is 0.938. The minimum atomic E-state index is -4.50. The van der Waals surface area contributed by atoms with Crippen LogP contribution >= 0.6 is 0 Å². The molecule has 0 atom stereocenters. The molecule has 4 rings (SSSR count). The van der Waals surface area contributed by atoms with Crippen LogP contribution in [0.1, 0.15) is 24.2 Å². The average molecular weight is 408 g/mol. The van der Waals surface area contributed by atoms with Gasteiger partial charge in [0.1, 0.15) is 11.4 Å². The predicted octanol–water partition coefficient (Wildman–Crippen LogP) is 2.04. The average Bonchev–Trinajstić information content (AvgIpc) is 2.60. The second-order valence-corrected chi connectivity index (χ2v) is 7.15. The molecular formula is C17H19F3N8O. The number of fused-ring (bicyclic) bond motifs is 1. The van der Waals surface area contributed by atoms with E-state index in [4.69, 9.17) is 0 Å². The maximum atomic E-state index is 12.7. The van der Waals surface area contributed by atoms with E-state index in [9.17, 15) is 18.0 Å². The fourth-order valence-corrected chi connectivity index (χ4v) is 3.32. The van der Waals surface area contributed by atoms with Gasteiger partial charge in [0.15, 0.2) is 5.82 Å². The van der Waals surface area contributed by atoms with E-state index in [1.54, 1.807) is 18.9 Å². The van der Waals surface area contributed by atoms with Gasteiger partial charge in [-0.2, -0.15) is 18.2 Å². The summed E-state index contributed by atoms with van der Waals surface area (Å²) in [5.41, 5.74) is 0.283. The fourth-order valence-electron chi connectivity index (χ4n) is 3.32. The SMILES string of the molecule is Cc1nc(NC2CC(Nc3nccc(C(F)(F)F)n3)C2)nc2c1NC(=O)CN2C. The Morgan fingerprint density at radius 1 is 1.14 bits per heavy atom. The summed E-state index contributed by atoms with van der Waals surface area (Å²) in [6.45, 7) is 2.01. The van der Waals surface area contributed by atoms with Gasteiger partial charge in [-0.05, 0) is 25.8 Å². The van der Waals surface area contributed by atoms with Crippen LogP contribution in [0.2, 0.25) is 0 Å².